The number of benzene rings is 1. The predicted octanol–water partition coefficient (Wildman–Crippen LogP) is 2.18. The van der Waals surface area contributed by atoms with Crippen LogP contribution in [0.2, 0.25) is 0 Å². The average molecular weight is 316 g/mol. The van der Waals surface area contributed by atoms with Crippen molar-refractivity contribution in [2.45, 2.75) is 0 Å². The van der Waals surface area contributed by atoms with Gasteiger partial charge in [-0.15, -0.1) is 0 Å². The van der Waals surface area contributed by atoms with Gasteiger partial charge in [0.05, 0.1) is 13.2 Å². The third-order valence-electron chi connectivity index (χ3n) is 2.49. The van der Waals surface area contributed by atoms with E-state index in [-0.39, 0.29) is 5.91 Å². The molecular weight excluding hydrogens is 298 g/mol. The first kappa shape index (κ1) is 15.1. The van der Waals surface area contributed by atoms with Gasteiger partial charge < -0.3 is 14.4 Å². The van der Waals surface area contributed by atoms with Crippen molar-refractivity contribution < 1.29 is 14.3 Å². The Morgan fingerprint density at radius 3 is 2.33 bits per heavy atom. The largest absolute Gasteiger partial charge is 0.383 e. The maximum absolute atomic E-state index is 12.3. The standard InChI is InChI=1S/C13H18BrNO3/c1-17-8-6-15(7-9-18-2)13(16)11-4-3-5-12(14)10-11/h3-5,10H,6-9H2,1-2H3. The number of hydrogen-bond donors (Lipinski definition) is 0. The molecule has 0 aliphatic rings. The van der Waals surface area contributed by atoms with Gasteiger partial charge in [0.25, 0.3) is 5.91 Å². The Bertz CT molecular complexity index is 376. The normalized spacial score (nSPS) is 10.4. The number of nitrogens with zero attached hydrogens (tertiary/aromatic N) is 1. The van der Waals surface area contributed by atoms with Gasteiger partial charge in [0.1, 0.15) is 0 Å². The van der Waals surface area contributed by atoms with Gasteiger partial charge in [-0.25, -0.2) is 0 Å². The van der Waals surface area contributed by atoms with Crippen LogP contribution in [0.5, 0.6) is 0 Å². The number of halogens is 1. The molecule has 0 aliphatic carbocycles. The van der Waals surface area contributed by atoms with Crippen molar-refractivity contribution in [1.29, 1.82) is 0 Å². The Hall–Kier alpha value is -0.910. The number of hydrogen-bond acceptors (Lipinski definition) is 3. The fraction of sp³-hybridized carbons (Fsp3) is 0.462. The van der Waals surface area contributed by atoms with Crippen molar-refractivity contribution in [3.05, 3.63) is 34.3 Å². The summed E-state index contributed by atoms with van der Waals surface area (Å²) in [6.07, 6.45) is 0. The zero-order chi connectivity index (χ0) is 13.4. The van der Waals surface area contributed by atoms with E-state index in [4.69, 9.17) is 9.47 Å². The highest BCUT2D eigenvalue weighted by Gasteiger charge is 2.15. The fourth-order valence-corrected chi connectivity index (χ4v) is 1.92. The summed E-state index contributed by atoms with van der Waals surface area (Å²) in [4.78, 5) is 14.0. The molecule has 0 aromatic heterocycles. The monoisotopic (exact) mass is 315 g/mol. The molecule has 1 amide bonds. The molecule has 0 N–H and O–H groups in total. The Morgan fingerprint density at radius 2 is 1.83 bits per heavy atom. The van der Waals surface area contributed by atoms with E-state index in [9.17, 15) is 4.79 Å². The maximum Gasteiger partial charge on any atom is 0.254 e. The van der Waals surface area contributed by atoms with Gasteiger partial charge in [0.15, 0.2) is 0 Å². The molecule has 0 radical (unpaired) electrons. The van der Waals surface area contributed by atoms with Crippen molar-refractivity contribution in [3.8, 4) is 0 Å². The third kappa shape index (κ3) is 4.76. The van der Waals surface area contributed by atoms with E-state index in [0.29, 0.717) is 31.9 Å². The number of amides is 1. The topological polar surface area (TPSA) is 38.8 Å². The summed E-state index contributed by atoms with van der Waals surface area (Å²) in [5.74, 6) is -0.00889. The molecule has 0 saturated carbocycles. The SMILES string of the molecule is COCCN(CCOC)C(=O)c1cccc(Br)c1. The first-order valence-electron chi connectivity index (χ1n) is 5.71. The molecule has 5 heteroatoms. The van der Waals surface area contributed by atoms with E-state index in [1.54, 1.807) is 25.2 Å². The molecule has 0 unspecified atom stereocenters. The van der Waals surface area contributed by atoms with Crippen LogP contribution in [0.15, 0.2) is 28.7 Å². The molecule has 0 atom stereocenters. The minimum Gasteiger partial charge on any atom is -0.383 e. The van der Waals surface area contributed by atoms with Crippen LogP contribution < -0.4 is 0 Å². The summed E-state index contributed by atoms with van der Waals surface area (Å²) < 4.78 is 10.9. The molecule has 0 bridgehead atoms. The van der Waals surface area contributed by atoms with E-state index in [1.165, 1.54) is 0 Å². The quantitative estimate of drug-likeness (QED) is 0.774. The summed E-state index contributed by atoms with van der Waals surface area (Å²) in [6.45, 7) is 2.16. The highest BCUT2D eigenvalue weighted by molar-refractivity contribution is 9.10. The summed E-state index contributed by atoms with van der Waals surface area (Å²) in [6, 6.07) is 7.36. The predicted molar refractivity (Wildman–Crippen MR) is 73.8 cm³/mol. The molecule has 1 rings (SSSR count). The number of carbonyl (C=O) groups excluding carboxylic acids is 1. The van der Waals surface area contributed by atoms with Crippen LogP contribution in [-0.2, 0) is 9.47 Å². The molecule has 0 aliphatic heterocycles. The molecule has 100 valence electrons. The van der Waals surface area contributed by atoms with Gasteiger partial charge in [0, 0.05) is 37.3 Å². The van der Waals surface area contributed by atoms with Gasteiger partial charge in [-0.1, -0.05) is 22.0 Å². The van der Waals surface area contributed by atoms with Gasteiger partial charge in [-0.2, -0.15) is 0 Å². The van der Waals surface area contributed by atoms with E-state index < -0.39 is 0 Å². The van der Waals surface area contributed by atoms with Crippen LogP contribution in [0.1, 0.15) is 10.4 Å². The molecule has 18 heavy (non-hydrogen) atoms. The number of methoxy groups -OCH3 is 2. The van der Waals surface area contributed by atoms with Crippen molar-refractivity contribution in [2.24, 2.45) is 0 Å². The Balaban J connectivity index is 2.73. The lowest BCUT2D eigenvalue weighted by Crippen LogP contribution is -2.36. The molecule has 0 heterocycles. The Morgan fingerprint density at radius 1 is 1.22 bits per heavy atom. The van der Waals surface area contributed by atoms with Crippen molar-refractivity contribution >= 4 is 21.8 Å². The summed E-state index contributed by atoms with van der Waals surface area (Å²) in [7, 11) is 3.25. The van der Waals surface area contributed by atoms with E-state index >= 15 is 0 Å². The number of rotatable bonds is 7. The molecule has 1 aromatic rings. The number of carbonyl (C=O) groups is 1. The van der Waals surface area contributed by atoms with Crippen molar-refractivity contribution in [2.75, 3.05) is 40.5 Å². The molecule has 0 fully saturated rings. The van der Waals surface area contributed by atoms with Crippen LogP contribution in [0.4, 0.5) is 0 Å². The molecule has 4 nitrogen and oxygen atoms in total. The van der Waals surface area contributed by atoms with Crippen LogP contribution in [0.3, 0.4) is 0 Å². The smallest absolute Gasteiger partial charge is 0.254 e. The van der Waals surface area contributed by atoms with E-state index in [1.807, 2.05) is 18.2 Å². The Labute approximate surface area is 116 Å². The number of ether oxygens (including phenoxy) is 2. The minimum absolute atomic E-state index is 0.00889. The average Bonchev–Trinajstić information content (AvgIpc) is 2.38. The lowest BCUT2D eigenvalue weighted by molar-refractivity contribution is 0.0627. The van der Waals surface area contributed by atoms with Crippen LogP contribution in [0.25, 0.3) is 0 Å². The van der Waals surface area contributed by atoms with E-state index in [0.717, 1.165) is 4.47 Å². The van der Waals surface area contributed by atoms with Gasteiger partial charge in [-0.05, 0) is 18.2 Å². The second-order valence-electron chi connectivity index (χ2n) is 3.79. The first-order valence-corrected chi connectivity index (χ1v) is 6.51. The second kappa shape index (κ2) is 8.24. The van der Waals surface area contributed by atoms with Gasteiger partial charge in [-0.3, -0.25) is 4.79 Å². The summed E-state index contributed by atoms with van der Waals surface area (Å²) in [5, 5.41) is 0. The summed E-state index contributed by atoms with van der Waals surface area (Å²) in [5.41, 5.74) is 0.664. The molecule has 1 aromatic carbocycles. The van der Waals surface area contributed by atoms with Crippen LogP contribution in [0, 0.1) is 0 Å². The summed E-state index contributed by atoms with van der Waals surface area (Å²) >= 11 is 3.36. The highest BCUT2D eigenvalue weighted by Crippen LogP contribution is 2.13. The highest BCUT2D eigenvalue weighted by atomic mass is 79.9. The molecule has 0 saturated heterocycles. The lowest BCUT2D eigenvalue weighted by atomic mass is 10.2. The first-order chi connectivity index (χ1) is 8.69. The van der Waals surface area contributed by atoms with Crippen LogP contribution >= 0.6 is 15.9 Å². The zero-order valence-electron chi connectivity index (χ0n) is 10.7. The lowest BCUT2D eigenvalue weighted by Gasteiger charge is -2.22. The Kier molecular flexibility index (Phi) is 6.93. The van der Waals surface area contributed by atoms with Crippen LogP contribution in [-0.4, -0.2) is 51.3 Å². The minimum atomic E-state index is -0.00889. The van der Waals surface area contributed by atoms with E-state index in [2.05, 4.69) is 15.9 Å². The second-order valence-corrected chi connectivity index (χ2v) is 4.70. The fourth-order valence-electron chi connectivity index (χ4n) is 1.52. The van der Waals surface area contributed by atoms with Crippen molar-refractivity contribution in [1.82, 2.24) is 4.90 Å². The molecular formula is C13H18BrNO3. The van der Waals surface area contributed by atoms with Crippen molar-refractivity contribution in [3.63, 3.8) is 0 Å². The van der Waals surface area contributed by atoms with Gasteiger partial charge in [0.2, 0.25) is 0 Å². The van der Waals surface area contributed by atoms with Gasteiger partial charge >= 0.3 is 0 Å². The molecule has 0 spiro atoms. The zero-order valence-corrected chi connectivity index (χ0v) is 12.3. The maximum atomic E-state index is 12.3. The third-order valence-corrected chi connectivity index (χ3v) is 2.98.